The van der Waals surface area contributed by atoms with E-state index in [-0.39, 0.29) is 16.2 Å². The Morgan fingerprint density at radius 2 is 1.78 bits per heavy atom. The van der Waals surface area contributed by atoms with E-state index in [2.05, 4.69) is 0 Å². The van der Waals surface area contributed by atoms with Gasteiger partial charge in [-0.15, -0.1) is 6.42 Å². The predicted octanol–water partition coefficient (Wildman–Crippen LogP) is 3.53. The number of phenolic OH excluding ortho intramolecular Hbond substituents is 1. The van der Waals surface area contributed by atoms with Gasteiger partial charge >= 0.3 is 0 Å². The molecule has 0 saturated carbocycles. The van der Waals surface area contributed by atoms with Gasteiger partial charge in [-0.05, 0) is 66.3 Å². The van der Waals surface area contributed by atoms with Crippen molar-refractivity contribution < 1.29 is 22.9 Å². The van der Waals surface area contributed by atoms with E-state index in [1.54, 1.807) is 32.0 Å². The minimum absolute atomic E-state index is 0.0642. The Hall–Kier alpha value is -3.14. The SMILES string of the molecule is C#CC(=O)C=CC(C)=C(c1ccc(O)cc1C)c1ccccc1S(=O)(=O)O. The summed E-state index contributed by atoms with van der Waals surface area (Å²) in [7, 11) is -4.48. The van der Waals surface area contributed by atoms with Crippen molar-refractivity contribution in [3.8, 4) is 18.1 Å². The Morgan fingerprint density at radius 1 is 1.11 bits per heavy atom. The van der Waals surface area contributed by atoms with E-state index in [1.807, 2.05) is 5.92 Å². The number of ketones is 1. The molecule has 0 aliphatic heterocycles. The summed E-state index contributed by atoms with van der Waals surface area (Å²) >= 11 is 0. The summed E-state index contributed by atoms with van der Waals surface area (Å²) < 4.78 is 33.3. The van der Waals surface area contributed by atoms with E-state index in [0.29, 0.717) is 22.3 Å². The molecule has 27 heavy (non-hydrogen) atoms. The maximum atomic E-state index is 11.9. The molecular weight excluding hydrogens is 364 g/mol. The van der Waals surface area contributed by atoms with Crippen LogP contribution in [-0.4, -0.2) is 23.9 Å². The van der Waals surface area contributed by atoms with Crippen LogP contribution >= 0.6 is 0 Å². The molecule has 0 saturated heterocycles. The maximum absolute atomic E-state index is 11.9. The number of aromatic hydroxyl groups is 1. The first-order valence-electron chi connectivity index (χ1n) is 7.91. The summed E-state index contributed by atoms with van der Waals surface area (Å²) in [5.41, 5.74) is 2.64. The molecule has 138 valence electrons. The van der Waals surface area contributed by atoms with Gasteiger partial charge in [0.1, 0.15) is 10.6 Å². The molecule has 2 N–H and O–H groups in total. The summed E-state index contributed by atoms with van der Waals surface area (Å²) in [5.74, 6) is 1.51. The van der Waals surface area contributed by atoms with Crippen LogP contribution in [0.15, 0.2) is 65.1 Å². The highest BCUT2D eigenvalue weighted by atomic mass is 32.2. The van der Waals surface area contributed by atoms with Gasteiger partial charge < -0.3 is 5.11 Å². The van der Waals surface area contributed by atoms with Crippen molar-refractivity contribution in [2.24, 2.45) is 0 Å². The zero-order chi connectivity index (χ0) is 20.2. The minimum Gasteiger partial charge on any atom is -0.508 e. The van der Waals surface area contributed by atoms with Crippen LogP contribution in [0.4, 0.5) is 0 Å². The predicted molar refractivity (Wildman–Crippen MR) is 104 cm³/mol. The largest absolute Gasteiger partial charge is 0.508 e. The standard InChI is InChI=1S/C21H18O5S/c1-4-16(22)10-9-14(2)21(18-12-11-17(23)13-15(18)3)19-7-5-6-8-20(19)27(24,25)26/h1,5-13,23H,2-3H3,(H,24,25,26). The first-order valence-corrected chi connectivity index (χ1v) is 9.35. The molecule has 6 heteroatoms. The van der Waals surface area contributed by atoms with E-state index >= 15 is 0 Å². The number of rotatable bonds is 5. The molecule has 2 rings (SSSR count). The number of allylic oxidation sites excluding steroid dienone is 3. The summed E-state index contributed by atoms with van der Waals surface area (Å²) in [4.78, 5) is 11.2. The summed E-state index contributed by atoms with van der Waals surface area (Å²) in [5, 5.41) is 9.69. The fraction of sp³-hybridized carbons (Fsp3) is 0.0952. The lowest BCUT2D eigenvalue weighted by atomic mass is 9.90. The fourth-order valence-corrected chi connectivity index (χ4v) is 3.43. The van der Waals surface area contributed by atoms with E-state index in [0.717, 1.165) is 0 Å². The van der Waals surface area contributed by atoms with Crippen LogP contribution in [-0.2, 0) is 14.9 Å². The second-order valence-electron chi connectivity index (χ2n) is 5.87. The molecule has 0 heterocycles. The molecular formula is C21H18O5S. The first-order chi connectivity index (χ1) is 12.6. The molecule has 0 aliphatic rings. The molecule has 0 amide bonds. The molecule has 0 atom stereocenters. The third-order valence-electron chi connectivity index (χ3n) is 3.93. The van der Waals surface area contributed by atoms with Gasteiger partial charge in [-0.25, -0.2) is 0 Å². The lowest BCUT2D eigenvalue weighted by Crippen LogP contribution is -2.05. The molecule has 5 nitrogen and oxygen atoms in total. The van der Waals surface area contributed by atoms with E-state index in [4.69, 9.17) is 6.42 Å². The Morgan fingerprint density at radius 3 is 2.37 bits per heavy atom. The van der Waals surface area contributed by atoms with Crippen molar-refractivity contribution in [3.05, 3.63) is 76.9 Å². The van der Waals surface area contributed by atoms with Crippen molar-refractivity contribution in [1.82, 2.24) is 0 Å². The van der Waals surface area contributed by atoms with E-state index in [1.165, 1.54) is 36.4 Å². The third-order valence-corrected chi connectivity index (χ3v) is 4.85. The Bertz CT molecular complexity index is 1100. The maximum Gasteiger partial charge on any atom is 0.295 e. The van der Waals surface area contributed by atoms with Crippen molar-refractivity contribution >= 4 is 21.5 Å². The van der Waals surface area contributed by atoms with Crippen molar-refractivity contribution in [2.75, 3.05) is 0 Å². The number of terminal acetylenes is 1. The van der Waals surface area contributed by atoms with Gasteiger partial charge in [0, 0.05) is 5.56 Å². The van der Waals surface area contributed by atoms with Crippen LogP contribution in [0.25, 0.3) is 5.57 Å². The highest BCUT2D eigenvalue weighted by molar-refractivity contribution is 7.86. The monoisotopic (exact) mass is 382 g/mol. The second kappa shape index (κ2) is 8.04. The Kier molecular flexibility index (Phi) is 6.01. The lowest BCUT2D eigenvalue weighted by molar-refractivity contribution is -0.109. The van der Waals surface area contributed by atoms with Gasteiger partial charge in [-0.3, -0.25) is 9.35 Å². The molecule has 0 fully saturated rings. The van der Waals surface area contributed by atoms with Crippen LogP contribution in [0.2, 0.25) is 0 Å². The average Bonchev–Trinajstić information content (AvgIpc) is 2.61. The van der Waals surface area contributed by atoms with Crippen molar-refractivity contribution in [2.45, 2.75) is 18.7 Å². The number of hydrogen-bond donors (Lipinski definition) is 2. The zero-order valence-corrected chi connectivity index (χ0v) is 15.6. The Labute approximate surface area is 158 Å². The highest BCUT2D eigenvalue weighted by Crippen LogP contribution is 2.34. The van der Waals surface area contributed by atoms with Crippen LogP contribution in [0.3, 0.4) is 0 Å². The third kappa shape index (κ3) is 4.73. The molecule has 0 aliphatic carbocycles. The molecule has 0 radical (unpaired) electrons. The normalized spacial score (nSPS) is 12.5. The van der Waals surface area contributed by atoms with Gasteiger partial charge in [-0.1, -0.05) is 30.3 Å². The van der Waals surface area contributed by atoms with Crippen molar-refractivity contribution in [3.63, 3.8) is 0 Å². The first kappa shape index (κ1) is 20.2. The van der Waals surface area contributed by atoms with Gasteiger partial charge in [0.25, 0.3) is 10.1 Å². The zero-order valence-electron chi connectivity index (χ0n) is 14.8. The molecule has 2 aromatic rings. The number of carbonyl (C=O) groups is 1. The summed E-state index contributed by atoms with van der Waals surface area (Å²) in [6.45, 7) is 3.46. The molecule has 0 aromatic heterocycles. The van der Waals surface area contributed by atoms with Crippen molar-refractivity contribution in [1.29, 1.82) is 0 Å². The van der Waals surface area contributed by atoms with Crippen LogP contribution < -0.4 is 0 Å². The fourth-order valence-electron chi connectivity index (χ4n) is 2.73. The van der Waals surface area contributed by atoms with Crippen LogP contribution in [0, 0.1) is 19.3 Å². The van der Waals surface area contributed by atoms with Gasteiger partial charge in [-0.2, -0.15) is 8.42 Å². The number of aryl methyl sites for hydroxylation is 1. The van der Waals surface area contributed by atoms with Gasteiger partial charge in [0.15, 0.2) is 0 Å². The number of carbonyl (C=O) groups excluding carboxylic acids is 1. The number of hydrogen-bond acceptors (Lipinski definition) is 4. The van der Waals surface area contributed by atoms with Gasteiger partial charge in [0.05, 0.1) is 0 Å². The smallest absolute Gasteiger partial charge is 0.295 e. The van der Waals surface area contributed by atoms with Crippen LogP contribution in [0.1, 0.15) is 23.6 Å². The minimum atomic E-state index is -4.48. The average molecular weight is 382 g/mol. The molecule has 0 bridgehead atoms. The van der Waals surface area contributed by atoms with E-state index < -0.39 is 15.9 Å². The van der Waals surface area contributed by atoms with Crippen LogP contribution in [0.5, 0.6) is 5.75 Å². The quantitative estimate of drug-likeness (QED) is 0.271. The number of benzene rings is 2. The van der Waals surface area contributed by atoms with Gasteiger partial charge in [0.2, 0.25) is 5.78 Å². The second-order valence-corrected chi connectivity index (χ2v) is 7.26. The number of phenols is 1. The summed E-state index contributed by atoms with van der Waals surface area (Å²) in [6, 6.07) is 10.7. The molecule has 0 unspecified atom stereocenters. The summed E-state index contributed by atoms with van der Waals surface area (Å²) in [6.07, 6.45) is 7.77. The van der Waals surface area contributed by atoms with E-state index in [9.17, 15) is 22.9 Å². The molecule has 0 spiro atoms. The highest BCUT2D eigenvalue weighted by Gasteiger charge is 2.20. The topological polar surface area (TPSA) is 91.7 Å². The Balaban J connectivity index is 2.86. The lowest BCUT2D eigenvalue weighted by Gasteiger charge is -2.17. The molecule has 2 aromatic carbocycles.